The van der Waals surface area contributed by atoms with Gasteiger partial charge in [-0.3, -0.25) is 34.2 Å². The Labute approximate surface area is 172 Å². The SMILES string of the molecule is CC(C(=O)Nc1cccc(C2CC(=O)NC(=O)C2)c1)N1C(=O)c2ccccc2C1=O. The normalized spacial score (nSPS) is 17.6. The lowest BCUT2D eigenvalue weighted by Crippen LogP contribution is -2.45. The van der Waals surface area contributed by atoms with Crippen LogP contribution < -0.4 is 10.6 Å². The summed E-state index contributed by atoms with van der Waals surface area (Å²) in [5.41, 5.74) is 1.78. The molecule has 2 aromatic carbocycles. The minimum atomic E-state index is -1.01. The standard InChI is InChI=1S/C22H19N3O5/c1-12(25-21(29)16-7-2-3-8-17(16)22(25)30)20(28)23-15-6-4-5-13(9-15)14-10-18(26)24-19(27)11-14/h2-9,12,14H,10-11H2,1H3,(H,23,28)(H,24,26,27). The van der Waals surface area contributed by atoms with Gasteiger partial charge in [-0.1, -0.05) is 24.3 Å². The van der Waals surface area contributed by atoms with Crippen LogP contribution in [-0.2, 0) is 14.4 Å². The van der Waals surface area contributed by atoms with Crippen LogP contribution in [0.4, 0.5) is 5.69 Å². The molecule has 1 fully saturated rings. The van der Waals surface area contributed by atoms with Gasteiger partial charge in [-0.2, -0.15) is 0 Å². The van der Waals surface area contributed by atoms with E-state index in [0.29, 0.717) is 5.69 Å². The summed E-state index contributed by atoms with van der Waals surface area (Å²) >= 11 is 0. The van der Waals surface area contributed by atoms with Gasteiger partial charge in [-0.05, 0) is 36.8 Å². The highest BCUT2D eigenvalue weighted by Gasteiger charge is 2.40. The number of hydrogen-bond acceptors (Lipinski definition) is 5. The van der Waals surface area contributed by atoms with Crippen LogP contribution in [0.1, 0.15) is 52.0 Å². The molecule has 2 aliphatic heterocycles. The van der Waals surface area contributed by atoms with Gasteiger partial charge in [-0.25, -0.2) is 0 Å². The lowest BCUT2D eigenvalue weighted by molar-refractivity contribution is -0.133. The zero-order valence-corrected chi connectivity index (χ0v) is 16.2. The Kier molecular flexibility index (Phi) is 4.91. The van der Waals surface area contributed by atoms with Crippen molar-refractivity contribution in [2.75, 3.05) is 5.32 Å². The number of anilines is 1. The van der Waals surface area contributed by atoms with Gasteiger partial charge < -0.3 is 5.32 Å². The van der Waals surface area contributed by atoms with E-state index in [4.69, 9.17) is 0 Å². The highest BCUT2D eigenvalue weighted by Crippen LogP contribution is 2.29. The minimum Gasteiger partial charge on any atom is -0.324 e. The molecular weight excluding hydrogens is 386 g/mol. The first kappa shape index (κ1) is 19.5. The van der Waals surface area contributed by atoms with Crippen molar-refractivity contribution in [1.29, 1.82) is 0 Å². The first-order chi connectivity index (χ1) is 14.3. The molecule has 0 aromatic heterocycles. The second-order valence-corrected chi connectivity index (χ2v) is 7.39. The van der Waals surface area contributed by atoms with E-state index in [2.05, 4.69) is 10.6 Å². The van der Waals surface area contributed by atoms with E-state index in [1.54, 1.807) is 48.5 Å². The van der Waals surface area contributed by atoms with Crippen molar-refractivity contribution in [2.45, 2.75) is 31.7 Å². The van der Waals surface area contributed by atoms with Crippen LogP contribution in [-0.4, -0.2) is 40.5 Å². The van der Waals surface area contributed by atoms with Crippen LogP contribution in [0.3, 0.4) is 0 Å². The van der Waals surface area contributed by atoms with E-state index < -0.39 is 23.8 Å². The summed E-state index contributed by atoms with van der Waals surface area (Å²) in [4.78, 5) is 62.2. The van der Waals surface area contributed by atoms with Gasteiger partial charge in [0, 0.05) is 24.4 Å². The van der Waals surface area contributed by atoms with Gasteiger partial charge in [-0.15, -0.1) is 0 Å². The summed E-state index contributed by atoms with van der Waals surface area (Å²) in [5, 5.41) is 4.99. The van der Waals surface area contributed by atoms with Gasteiger partial charge in [0.2, 0.25) is 17.7 Å². The molecule has 8 nitrogen and oxygen atoms in total. The first-order valence-corrected chi connectivity index (χ1v) is 9.55. The number of benzene rings is 2. The van der Waals surface area contributed by atoms with Crippen LogP contribution in [0.5, 0.6) is 0 Å². The molecule has 1 saturated heterocycles. The summed E-state index contributed by atoms with van der Waals surface area (Å²) in [6.45, 7) is 1.49. The maximum absolute atomic E-state index is 12.8. The fourth-order valence-corrected chi connectivity index (χ4v) is 3.81. The number of carbonyl (C=O) groups excluding carboxylic acids is 5. The molecule has 0 radical (unpaired) electrons. The van der Waals surface area contributed by atoms with E-state index >= 15 is 0 Å². The average Bonchev–Trinajstić information content (AvgIpc) is 2.97. The van der Waals surface area contributed by atoms with Crippen molar-refractivity contribution in [3.05, 3.63) is 65.2 Å². The molecule has 4 rings (SSSR count). The summed E-state index contributed by atoms with van der Waals surface area (Å²) in [6.07, 6.45) is 0.378. The third-order valence-electron chi connectivity index (χ3n) is 5.36. The maximum Gasteiger partial charge on any atom is 0.262 e. The topological polar surface area (TPSA) is 113 Å². The molecule has 2 aliphatic rings. The van der Waals surface area contributed by atoms with Crippen LogP contribution in [0.25, 0.3) is 0 Å². The monoisotopic (exact) mass is 405 g/mol. The van der Waals surface area contributed by atoms with Crippen molar-refractivity contribution in [2.24, 2.45) is 0 Å². The number of nitrogens with one attached hydrogen (secondary N) is 2. The molecule has 2 aromatic rings. The third kappa shape index (κ3) is 3.47. The Morgan fingerprint density at radius 2 is 1.57 bits per heavy atom. The maximum atomic E-state index is 12.8. The number of amides is 5. The summed E-state index contributed by atoms with van der Waals surface area (Å²) in [6, 6.07) is 12.3. The molecule has 152 valence electrons. The molecule has 0 spiro atoms. The van der Waals surface area contributed by atoms with E-state index in [9.17, 15) is 24.0 Å². The zero-order chi connectivity index (χ0) is 21.4. The number of piperidine rings is 1. The summed E-state index contributed by atoms with van der Waals surface area (Å²) < 4.78 is 0. The minimum absolute atomic E-state index is 0.189. The van der Waals surface area contributed by atoms with E-state index in [1.807, 2.05) is 0 Å². The van der Waals surface area contributed by atoms with Crippen molar-refractivity contribution in [3.63, 3.8) is 0 Å². The average molecular weight is 405 g/mol. The Bertz CT molecular complexity index is 1040. The number of carbonyl (C=O) groups is 5. The summed E-state index contributed by atoms with van der Waals surface area (Å²) in [5.74, 6) is -2.44. The molecule has 0 saturated carbocycles. The molecule has 1 atom stereocenters. The Hall–Kier alpha value is -3.81. The molecule has 2 heterocycles. The number of imide groups is 2. The van der Waals surface area contributed by atoms with Gasteiger partial charge in [0.1, 0.15) is 6.04 Å². The van der Waals surface area contributed by atoms with Crippen molar-refractivity contribution < 1.29 is 24.0 Å². The predicted molar refractivity (Wildman–Crippen MR) is 107 cm³/mol. The predicted octanol–water partition coefficient (Wildman–Crippen LogP) is 1.83. The van der Waals surface area contributed by atoms with Crippen LogP contribution in [0, 0.1) is 0 Å². The van der Waals surface area contributed by atoms with Crippen LogP contribution in [0.15, 0.2) is 48.5 Å². The lowest BCUT2D eigenvalue weighted by Gasteiger charge is -2.23. The number of hydrogen-bond donors (Lipinski definition) is 2. The smallest absolute Gasteiger partial charge is 0.262 e. The Morgan fingerprint density at radius 1 is 0.967 bits per heavy atom. The van der Waals surface area contributed by atoms with Crippen molar-refractivity contribution in [1.82, 2.24) is 10.2 Å². The molecule has 30 heavy (non-hydrogen) atoms. The van der Waals surface area contributed by atoms with Crippen molar-refractivity contribution in [3.8, 4) is 0 Å². The van der Waals surface area contributed by atoms with Gasteiger partial charge in [0.05, 0.1) is 11.1 Å². The zero-order valence-electron chi connectivity index (χ0n) is 16.2. The molecule has 1 unspecified atom stereocenters. The lowest BCUT2D eigenvalue weighted by atomic mass is 9.89. The fourth-order valence-electron chi connectivity index (χ4n) is 3.81. The van der Waals surface area contributed by atoms with E-state index in [1.165, 1.54) is 6.92 Å². The highest BCUT2D eigenvalue weighted by molar-refractivity contribution is 6.23. The van der Waals surface area contributed by atoms with Gasteiger partial charge in [0.25, 0.3) is 11.8 Å². The molecule has 5 amide bonds. The van der Waals surface area contributed by atoms with Crippen molar-refractivity contribution >= 4 is 35.2 Å². The molecule has 0 aliphatic carbocycles. The quantitative estimate of drug-likeness (QED) is 0.754. The number of rotatable bonds is 4. The first-order valence-electron chi connectivity index (χ1n) is 9.55. The number of fused-ring (bicyclic) bond motifs is 1. The molecule has 8 heteroatoms. The third-order valence-corrected chi connectivity index (χ3v) is 5.36. The van der Waals surface area contributed by atoms with E-state index in [0.717, 1.165) is 10.5 Å². The second-order valence-electron chi connectivity index (χ2n) is 7.39. The van der Waals surface area contributed by atoms with Gasteiger partial charge in [0.15, 0.2) is 0 Å². The fraction of sp³-hybridized carbons (Fsp3) is 0.227. The summed E-state index contributed by atoms with van der Waals surface area (Å²) in [7, 11) is 0. The second kappa shape index (κ2) is 7.55. The number of nitrogens with zero attached hydrogens (tertiary/aromatic N) is 1. The van der Waals surface area contributed by atoms with Gasteiger partial charge >= 0.3 is 0 Å². The Morgan fingerprint density at radius 3 is 2.17 bits per heavy atom. The molecule has 0 bridgehead atoms. The molecule has 2 N–H and O–H groups in total. The Balaban J connectivity index is 1.49. The van der Waals surface area contributed by atoms with Crippen LogP contribution in [0.2, 0.25) is 0 Å². The van der Waals surface area contributed by atoms with E-state index in [-0.39, 0.29) is 41.7 Å². The largest absolute Gasteiger partial charge is 0.324 e. The molecular formula is C22H19N3O5. The van der Waals surface area contributed by atoms with Crippen LogP contribution >= 0.6 is 0 Å². The highest BCUT2D eigenvalue weighted by atomic mass is 16.2.